The van der Waals surface area contributed by atoms with Gasteiger partial charge in [-0.2, -0.15) is 0 Å². The number of aromatic nitrogens is 4. The fourth-order valence-corrected chi connectivity index (χ4v) is 6.41. The molecule has 3 aromatic rings. The molecule has 0 radical (unpaired) electrons. The highest BCUT2D eigenvalue weighted by Gasteiger charge is 2.31. The molecule has 1 N–H and O–H groups in total. The maximum Gasteiger partial charge on any atom is 0.256 e. The lowest BCUT2D eigenvalue weighted by atomic mass is 9.96. The van der Waals surface area contributed by atoms with Gasteiger partial charge >= 0.3 is 0 Å². The van der Waals surface area contributed by atoms with E-state index in [4.69, 9.17) is 0 Å². The highest BCUT2D eigenvalue weighted by Crippen LogP contribution is 2.34. The fraction of sp³-hybridized carbons (Fsp3) is 0.421. The Morgan fingerprint density at radius 1 is 1.11 bits per heavy atom. The van der Waals surface area contributed by atoms with Crippen molar-refractivity contribution in [1.29, 1.82) is 0 Å². The SMILES string of the molecule is Cc1cc(C)n2c(SC3CCCCC3NS(=O)(=O)c3ccccc3)nnc2n1. The van der Waals surface area contributed by atoms with Gasteiger partial charge in [-0.05, 0) is 44.9 Å². The summed E-state index contributed by atoms with van der Waals surface area (Å²) >= 11 is 1.59. The Labute approximate surface area is 169 Å². The summed E-state index contributed by atoms with van der Waals surface area (Å²) < 4.78 is 30.4. The minimum atomic E-state index is -3.55. The van der Waals surface area contributed by atoms with Gasteiger partial charge in [0.25, 0.3) is 5.78 Å². The zero-order valence-corrected chi connectivity index (χ0v) is 17.5. The van der Waals surface area contributed by atoms with Crippen molar-refractivity contribution in [2.45, 2.75) is 60.9 Å². The monoisotopic (exact) mass is 417 g/mol. The summed E-state index contributed by atoms with van der Waals surface area (Å²) in [5.74, 6) is 0.581. The average Bonchev–Trinajstić information content (AvgIpc) is 3.06. The molecule has 28 heavy (non-hydrogen) atoms. The molecule has 2 heterocycles. The number of sulfonamides is 1. The predicted molar refractivity (Wildman–Crippen MR) is 109 cm³/mol. The Kier molecular flexibility index (Phi) is 5.39. The molecule has 2 unspecified atom stereocenters. The summed E-state index contributed by atoms with van der Waals surface area (Å²) in [5, 5.41) is 9.37. The van der Waals surface area contributed by atoms with Crippen LogP contribution in [0, 0.1) is 13.8 Å². The van der Waals surface area contributed by atoms with Gasteiger partial charge < -0.3 is 0 Å². The van der Waals surface area contributed by atoms with E-state index >= 15 is 0 Å². The van der Waals surface area contributed by atoms with E-state index in [9.17, 15) is 8.42 Å². The van der Waals surface area contributed by atoms with Crippen LogP contribution in [0.5, 0.6) is 0 Å². The first kappa shape index (κ1) is 19.4. The number of benzene rings is 1. The number of thioether (sulfide) groups is 1. The molecule has 7 nitrogen and oxygen atoms in total. The van der Waals surface area contributed by atoms with Crippen LogP contribution in [0.4, 0.5) is 0 Å². The van der Waals surface area contributed by atoms with Crippen LogP contribution in [-0.4, -0.2) is 39.3 Å². The zero-order valence-electron chi connectivity index (χ0n) is 15.9. The second kappa shape index (κ2) is 7.81. The van der Waals surface area contributed by atoms with E-state index in [-0.39, 0.29) is 11.3 Å². The third-order valence-corrected chi connectivity index (χ3v) is 7.83. The van der Waals surface area contributed by atoms with Crippen molar-refractivity contribution in [3.05, 3.63) is 47.8 Å². The average molecular weight is 418 g/mol. The standard InChI is InChI=1S/C19H23N5O2S2/c1-13-12-14(2)24-18(20-13)21-22-19(24)27-17-11-7-6-10-16(17)23-28(25,26)15-8-4-3-5-9-15/h3-5,8-9,12,16-17,23H,6-7,10-11H2,1-2H3. The summed E-state index contributed by atoms with van der Waals surface area (Å²) in [5.41, 5.74) is 1.92. The van der Waals surface area contributed by atoms with Crippen LogP contribution in [0.2, 0.25) is 0 Å². The number of fused-ring (bicyclic) bond motifs is 1. The maximum absolute atomic E-state index is 12.8. The van der Waals surface area contributed by atoms with E-state index in [0.717, 1.165) is 42.2 Å². The quantitative estimate of drug-likeness (QED) is 0.686. The maximum atomic E-state index is 12.8. The molecule has 1 aliphatic carbocycles. The molecule has 1 aliphatic rings. The van der Waals surface area contributed by atoms with E-state index in [1.165, 1.54) is 0 Å². The van der Waals surface area contributed by atoms with Gasteiger partial charge in [0, 0.05) is 22.7 Å². The highest BCUT2D eigenvalue weighted by atomic mass is 32.2. The van der Waals surface area contributed by atoms with Gasteiger partial charge in [-0.15, -0.1) is 10.2 Å². The summed E-state index contributed by atoms with van der Waals surface area (Å²) in [6.07, 6.45) is 3.84. The normalized spacial score (nSPS) is 20.5. The third kappa shape index (κ3) is 3.92. The molecular weight excluding hydrogens is 394 g/mol. The van der Waals surface area contributed by atoms with E-state index in [1.807, 2.05) is 30.4 Å². The van der Waals surface area contributed by atoms with Gasteiger partial charge in [-0.1, -0.05) is 42.8 Å². The number of rotatable bonds is 5. The third-order valence-electron chi connectivity index (χ3n) is 4.98. The molecular formula is C19H23N5O2S2. The fourth-order valence-electron chi connectivity index (χ4n) is 3.65. The molecule has 9 heteroatoms. The van der Waals surface area contributed by atoms with Gasteiger partial charge in [0.05, 0.1) is 4.90 Å². The zero-order chi connectivity index (χ0) is 19.7. The molecule has 0 spiro atoms. The first-order valence-corrected chi connectivity index (χ1v) is 11.7. The summed E-state index contributed by atoms with van der Waals surface area (Å²) in [6.45, 7) is 3.94. The molecule has 0 bridgehead atoms. The Hall–Kier alpha value is -1.97. The molecule has 0 aliphatic heterocycles. The molecule has 0 saturated heterocycles. The van der Waals surface area contributed by atoms with Crippen LogP contribution < -0.4 is 4.72 Å². The molecule has 1 saturated carbocycles. The minimum Gasteiger partial charge on any atom is -0.259 e. The number of hydrogen-bond donors (Lipinski definition) is 1. The van der Waals surface area contributed by atoms with E-state index in [0.29, 0.717) is 10.7 Å². The second-order valence-electron chi connectivity index (χ2n) is 7.14. The van der Waals surface area contributed by atoms with Crippen molar-refractivity contribution in [2.24, 2.45) is 0 Å². The molecule has 2 aromatic heterocycles. The van der Waals surface area contributed by atoms with E-state index < -0.39 is 10.0 Å². The molecule has 0 amide bonds. The van der Waals surface area contributed by atoms with Crippen molar-refractivity contribution >= 4 is 27.6 Å². The topological polar surface area (TPSA) is 89.2 Å². The lowest BCUT2D eigenvalue weighted by Gasteiger charge is -2.31. The van der Waals surface area contributed by atoms with Crippen LogP contribution in [0.15, 0.2) is 46.5 Å². The first-order chi connectivity index (χ1) is 13.4. The van der Waals surface area contributed by atoms with Crippen molar-refractivity contribution in [2.75, 3.05) is 0 Å². The molecule has 1 aromatic carbocycles. The van der Waals surface area contributed by atoms with Crippen molar-refractivity contribution in [1.82, 2.24) is 24.3 Å². The van der Waals surface area contributed by atoms with Crippen LogP contribution in [-0.2, 0) is 10.0 Å². The van der Waals surface area contributed by atoms with Crippen LogP contribution in [0.1, 0.15) is 37.1 Å². The number of hydrogen-bond acceptors (Lipinski definition) is 6. The predicted octanol–water partition coefficient (Wildman–Crippen LogP) is 3.12. The van der Waals surface area contributed by atoms with Crippen LogP contribution >= 0.6 is 11.8 Å². The number of nitrogens with zero attached hydrogens (tertiary/aromatic N) is 4. The van der Waals surface area contributed by atoms with Crippen molar-refractivity contribution < 1.29 is 8.42 Å². The highest BCUT2D eigenvalue weighted by molar-refractivity contribution is 7.99. The molecule has 4 rings (SSSR count). The number of nitrogens with one attached hydrogen (secondary N) is 1. The van der Waals surface area contributed by atoms with E-state index in [1.54, 1.807) is 36.0 Å². The summed E-state index contributed by atoms with van der Waals surface area (Å²) in [7, 11) is -3.55. The lowest BCUT2D eigenvalue weighted by molar-refractivity contribution is 0.422. The number of aryl methyl sites for hydroxylation is 2. The Balaban J connectivity index is 1.58. The Morgan fingerprint density at radius 3 is 2.64 bits per heavy atom. The molecule has 1 fully saturated rings. The van der Waals surface area contributed by atoms with Crippen LogP contribution in [0.25, 0.3) is 5.78 Å². The largest absolute Gasteiger partial charge is 0.259 e. The van der Waals surface area contributed by atoms with Gasteiger partial charge in [0.15, 0.2) is 5.16 Å². The minimum absolute atomic E-state index is 0.0975. The second-order valence-corrected chi connectivity index (χ2v) is 10.1. The summed E-state index contributed by atoms with van der Waals surface area (Å²) in [4.78, 5) is 4.73. The van der Waals surface area contributed by atoms with Gasteiger partial charge in [-0.3, -0.25) is 4.40 Å². The smallest absolute Gasteiger partial charge is 0.256 e. The molecule has 148 valence electrons. The van der Waals surface area contributed by atoms with Crippen molar-refractivity contribution in [3.63, 3.8) is 0 Å². The molecule has 2 atom stereocenters. The van der Waals surface area contributed by atoms with E-state index in [2.05, 4.69) is 19.9 Å². The Bertz CT molecular complexity index is 1080. The van der Waals surface area contributed by atoms with Crippen molar-refractivity contribution in [3.8, 4) is 0 Å². The first-order valence-electron chi connectivity index (χ1n) is 9.37. The van der Waals surface area contributed by atoms with Gasteiger partial charge in [-0.25, -0.2) is 18.1 Å². The lowest BCUT2D eigenvalue weighted by Crippen LogP contribution is -2.43. The van der Waals surface area contributed by atoms with Gasteiger partial charge in [0.1, 0.15) is 0 Å². The van der Waals surface area contributed by atoms with Crippen LogP contribution in [0.3, 0.4) is 0 Å². The van der Waals surface area contributed by atoms with Gasteiger partial charge in [0.2, 0.25) is 10.0 Å². The Morgan fingerprint density at radius 2 is 1.86 bits per heavy atom. The summed E-state index contributed by atoms with van der Waals surface area (Å²) in [6, 6.07) is 10.4.